The molecule has 29 heavy (non-hydrogen) atoms. The van der Waals surface area contributed by atoms with Gasteiger partial charge in [0.15, 0.2) is 0 Å². The number of anilines is 3. The highest BCUT2D eigenvalue weighted by molar-refractivity contribution is 6.07. The van der Waals surface area contributed by atoms with E-state index in [2.05, 4.69) is 10.6 Å². The van der Waals surface area contributed by atoms with E-state index in [0.717, 1.165) is 5.69 Å². The van der Waals surface area contributed by atoms with E-state index in [9.17, 15) is 9.59 Å². The first-order chi connectivity index (χ1) is 14.0. The lowest BCUT2D eigenvalue weighted by Crippen LogP contribution is -2.15. The number of rotatable bonds is 5. The van der Waals surface area contributed by atoms with Gasteiger partial charge in [0.2, 0.25) is 0 Å². The molecule has 2 N–H and O–H groups in total. The molecule has 0 heterocycles. The molecule has 3 aromatic rings. The SMILES string of the molecule is CN(C)c1ccc(NC(=O)c2ccc(C(=O)Nc3ccccc3C#N)cc2)cc1. The molecule has 0 aliphatic rings. The maximum Gasteiger partial charge on any atom is 0.255 e. The van der Waals surface area contributed by atoms with E-state index in [-0.39, 0.29) is 11.8 Å². The number of hydrogen-bond acceptors (Lipinski definition) is 4. The van der Waals surface area contributed by atoms with Gasteiger partial charge in [-0.1, -0.05) is 12.1 Å². The smallest absolute Gasteiger partial charge is 0.255 e. The Kier molecular flexibility index (Phi) is 5.91. The van der Waals surface area contributed by atoms with Crippen LogP contribution < -0.4 is 15.5 Å². The van der Waals surface area contributed by atoms with Crippen LogP contribution in [0.25, 0.3) is 0 Å². The molecule has 0 unspecified atom stereocenters. The summed E-state index contributed by atoms with van der Waals surface area (Å²) in [6.07, 6.45) is 0. The van der Waals surface area contributed by atoms with Crippen molar-refractivity contribution in [1.82, 2.24) is 0 Å². The molecule has 3 rings (SSSR count). The molecule has 0 atom stereocenters. The number of benzene rings is 3. The summed E-state index contributed by atoms with van der Waals surface area (Å²) in [4.78, 5) is 26.8. The third-order valence-electron chi connectivity index (χ3n) is 4.35. The lowest BCUT2D eigenvalue weighted by Gasteiger charge is -2.13. The minimum absolute atomic E-state index is 0.260. The van der Waals surface area contributed by atoms with E-state index >= 15 is 0 Å². The topological polar surface area (TPSA) is 85.2 Å². The Morgan fingerprint density at radius 1 is 0.793 bits per heavy atom. The molecule has 0 fully saturated rings. The third-order valence-corrected chi connectivity index (χ3v) is 4.35. The van der Waals surface area contributed by atoms with Crippen molar-refractivity contribution in [3.05, 3.63) is 89.5 Å². The lowest BCUT2D eigenvalue weighted by molar-refractivity contribution is 0.101. The van der Waals surface area contributed by atoms with Gasteiger partial charge in [0, 0.05) is 36.6 Å². The second kappa shape index (κ2) is 8.72. The molecule has 3 aromatic carbocycles. The molecule has 0 aromatic heterocycles. The number of nitrogens with zero attached hydrogens (tertiary/aromatic N) is 2. The molecule has 0 aliphatic carbocycles. The van der Waals surface area contributed by atoms with E-state index < -0.39 is 0 Å². The number of nitrogens with one attached hydrogen (secondary N) is 2. The zero-order chi connectivity index (χ0) is 20.8. The van der Waals surface area contributed by atoms with E-state index in [1.807, 2.05) is 49.3 Å². The Morgan fingerprint density at radius 2 is 1.34 bits per heavy atom. The monoisotopic (exact) mass is 384 g/mol. The molecule has 2 amide bonds. The van der Waals surface area contributed by atoms with Crippen molar-refractivity contribution in [1.29, 1.82) is 5.26 Å². The molecule has 0 spiro atoms. The van der Waals surface area contributed by atoms with Gasteiger partial charge in [-0.3, -0.25) is 9.59 Å². The Labute approximate surface area is 169 Å². The number of carbonyl (C=O) groups excluding carboxylic acids is 2. The molecule has 0 saturated carbocycles. The highest BCUT2D eigenvalue weighted by Gasteiger charge is 2.11. The number of hydrogen-bond donors (Lipinski definition) is 2. The fraction of sp³-hybridized carbons (Fsp3) is 0.0870. The van der Waals surface area contributed by atoms with E-state index in [4.69, 9.17) is 5.26 Å². The lowest BCUT2D eigenvalue weighted by atomic mass is 10.1. The van der Waals surface area contributed by atoms with Gasteiger partial charge in [-0.2, -0.15) is 5.26 Å². The fourth-order valence-electron chi connectivity index (χ4n) is 2.70. The summed E-state index contributed by atoms with van der Waals surface area (Å²) < 4.78 is 0. The van der Waals surface area contributed by atoms with Crippen LogP contribution in [0.1, 0.15) is 26.3 Å². The predicted molar refractivity (Wildman–Crippen MR) is 114 cm³/mol. The van der Waals surface area contributed by atoms with E-state index in [1.54, 1.807) is 48.5 Å². The molecular weight excluding hydrogens is 364 g/mol. The summed E-state index contributed by atoms with van der Waals surface area (Å²) in [7, 11) is 3.90. The highest BCUT2D eigenvalue weighted by atomic mass is 16.2. The van der Waals surface area contributed by atoms with Crippen molar-refractivity contribution in [2.24, 2.45) is 0 Å². The van der Waals surface area contributed by atoms with Crippen LogP contribution >= 0.6 is 0 Å². The summed E-state index contributed by atoms with van der Waals surface area (Å²) in [5, 5.41) is 14.7. The molecule has 0 saturated heterocycles. The highest BCUT2D eigenvalue weighted by Crippen LogP contribution is 2.18. The largest absolute Gasteiger partial charge is 0.378 e. The first-order valence-corrected chi connectivity index (χ1v) is 8.97. The summed E-state index contributed by atoms with van der Waals surface area (Å²) in [6.45, 7) is 0. The van der Waals surface area contributed by atoms with Crippen LogP contribution in [0.15, 0.2) is 72.8 Å². The molecule has 0 bridgehead atoms. The van der Waals surface area contributed by atoms with Gasteiger partial charge in [-0.25, -0.2) is 0 Å². The van der Waals surface area contributed by atoms with Gasteiger partial charge in [0.25, 0.3) is 11.8 Å². The average Bonchev–Trinajstić information content (AvgIpc) is 2.74. The van der Waals surface area contributed by atoms with Crippen LogP contribution in [0.2, 0.25) is 0 Å². The molecular formula is C23H20N4O2. The predicted octanol–water partition coefficient (Wildman–Crippen LogP) is 4.13. The number of nitriles is 1. The molecule has 6 heteroatoms. The van der Waals surface area contributed by atoms with Crippen molar-refractivity contribution in [2.45, 2.75) is 0 Å². The summed E-state index contributed by atoms with van der Waals surface area (Å²) in [5.41, 5.74) is 3.40. The van der Waals surface area contributed by atoms with Crippen LogP contribution in [-0.2, 0) is 0 Å². The number of carbonyl (C=O) groups is 2. The van der Waals surface area contributed by atoms with Crippen molar-refractivity contribution in [3.8, 4) is 6.07 Å². The normalized spacial score (nSPS) is 9.97. The second-order valence-electron chi connectivity index (χ2n) is 6.58. The number of amides is 2. The van der Waals surface area contributed by atoms with Crippen LogP contribution in [0.4, 0.5) is 17.1 Å². The van der Waals surface area contributed by atoms with Crippen LogP contribution in [0, 0.1) is 11.3 Å². The quantitative estimate of drug-likeness (QED) is 0.693. The summed E-state index contributed by atoms with van der Waals surface area (Å²) in [5.74, 6) is -0.608. The maximum absolute atomic E-state index is 12.4. The van der Waals surface area contributed by atoms with Gasteiger partial charge in [0.1, 0.15) is 6.07 Å². The third kappa shape index (κ3) is 4.79. The molecule has 6 nitrogen and oxygen atoms in total. The van der Waals surface area contributed by atoms with E-state index in [1.165, 1.54) is 0 Å². The van der Waals surface area contributed by atoms with Gasteiger partial charge >= 0.3 is 0 Å². The van der Waals surface area contributed by atoms with Crippen molar-refractivity contribution < 1.29 is 9.59 Å². The standard InChI is InChI=1S/C23H20N4O2/c1-27(2)20-13-11-19(12-14-20)25-22(28)16-7-9-17(10-8-16)23(29)26-21-6-4-3-5-18(21)15-24/h3-14H,1-2H3,(H,25,28)(H,26,29). The fourth-order valence-corrected chi connectivity index (χ4v) is 2.70. The van der Waals surface area contributed by atoms with Gasteiger partial charge in [-0.15, -0.1) is 0 Å². The summed E-state index contributed by atoms with van der Waals surface area (Å²) in [6, 6.07) is 22.7. The van der Waals surface area contributed by atoms with Gasteiger partial charge in [0.05, 0.1) is 11.3 Å². The maximum atomic E-state index is 12.4. The molecule has 144 valence electrons. The summed E-state index contributed by atoms with van der Waals surface area (Å²) >= 11 is 0. The zero-order valence-electron chi connectivity index (χ0n) is 16.1. The van der Waals surface area contributed by atoms with Gasteiger partial charge < -0.3 is 15.5 Å². The van der Waals surface area contributed by atoms with Crippen molar-refractivity contribution in [2.75, 3.05) is 29.6 Å². The van der Waals surface area contributed by atoms with Crippen LogP contribution in [0.5, 0.6) is 0 Å². The first kappa shape index (κ1) is 19.6. The Bertz CT molecular complexity index is 1070. The first-order valence-electron chi connectivity index (χ1n) is 8.97. The van der Waals surface area contributed by atoms with E-state index in [0.29, 0.717) is 28.1 Å². The minimum Gasteiger partial charge on any atom is -0.378 e. The van der Waals surface area contributed by atoms with Crippen LogP contribution in [-0.4, -0.2) is 25.9 Å². The average molecular weight is 384 g/mol. The van der Waals surface area contributed by atoms with Crippen molar-refractivity contribution >= 4 is 28.9 Å². The number of para-hydroxylation sites is 1. The van der Waals surface area contributed by atoms with Crippen LogP contribution in [0.3, 0.4) is 0 Å². The Morgan fingerprint density at radius 3 is 1.90 bits per heavy atom. The minimum atomic E-state index is -0.348. The zero-order valence-corrected chi connectivity index (χ0v) is 16.1. The molecule has 0 radical (unpaired) electrons. The Hall–Kier alpha value is -4.11. The van der Waals surface area contributed by atoms with Gasteiger partial charge in [-0.05, 0) is 60.7 Å². The second-order valence-corrected chi connectivity index (χ2v) is 6.58. The Balaban J connectivity index is 1.66. The molecule has 0 aliphatic heterocycles. The van der Waals surface area contributed by atoms with Crippen molar-refractivity contribution in [3.63, 3.8) is 0 Å².